The topological polar surface area (TPSA) is 20.2 Å². The summed E-state index contributed by atoms with van der Waals surface area (Å²) in [4.78, 5) is 0. The standard InChI is InChI=1S/C10H13FO/c1-7(12)6-9-4-3-5-10(11)8(9)2/h3-5,7,12H,6H2,1-2H3/t7-/m0/s1. The molecule has 0 unspecified atom stereocenters. The van der Waals surface area contributed by atoms with Crippen molar-refractivity contribution >= 4 is 0 Å². The summed E-state index contributed by atoms with van der Waals surface area (Å²) in [5.41, 5.74) is 1.52. The Kier molecular flexibility index (Phi) is 2.82. The first-order valence-corrected chi connectivity index (χ1v) is 4.03. The van der Waals surface area contributed by atoms with E-state index in [1.165, 1.54) is 6.07 Å². The fourth-order valence-corrected chi connectivity index (χ4v) is 1.19. The van der Waals surface area contributed by atoms with E-state index in [-0.39, 0.29) is 5.82 Å². The van der Waals surface area contributed by atoms with Gasteiger partial charge in [-0.2, -0.15) is 0 Å². The van der Waals surface area contributed by atoms with Crippen molar-refractivity contribution in [1.82, 2.24) is 0 Å². The Morgan fingerprint density at radius 1 is 1.50 bits per heavy atom. The Morgan fingerprint density at radius 3 is 2.75 bits per heavy atom. The van der Waals surface area contributed by atoms with Crippen molar-refractivity contribution in [2.75, 3.05) is 0 Å². The van der Waals surface area contributed by atoms with Gasteiger partial charge < -0.3 is 5.11 Å². The Balaban J connectivity index is 2.92. The highest BCUT2D eigenvalue weighted by atomic mass is 19.1. The highest BCUT2D eigenvalue weighted by Gasteiger charge is 2.05. The lowest BCUT2D eigenvalue weighted by Crippen LogP contribution is -2.06. The van der Waals surface area contributed by atoms with Crippen molar-refractivity contribution in [3.8, 4) is 0 Å². The second-order valence-corrected chi connectivity index (χ2v) is 3.08. The van der Waals surface area contributed by atoms with Crippen molar-refractivity contribution in [3.63, 3.8) is 0 Å². The molecular formula is C10H13FO. The quantitative estimate of drug-likeness (QED) is 0.716. The molecule has 0 bridgehead atoms. The SMILES string of the molecule is Cc1c(F)cccc1C[C@H](C)O. The van der Waals surface area contributed by atoms with Gasteiger partial charge in [-0.05, 0) is 37.5 Å². The van der Waals surface area contributed by atoms with Gasteiger partial charge in [-0.25, -0.2) is 4.39 Å². The first kappa shape index (κ1) is 9.20. The molecule has 0 radical (unpaired) electrons. The van der Waals surface area contributed by atoms with Crippen molar-refractivity contribution in [3.05, 3.63) is 35.1 Å². The van der Waals surface area contributed by atoms with Gasteiger partial charge in [-0.3, -0.25) is 0 Å². The van der Waals surface area contributed by atoms with E-state index in [2.05, 4.69) is 0 Å². The second kappa shape index (κ2) is 3.68. The summed E-state index contributed by atoms with van der Waals surface area (Å²) >= 11 is 0. The van der Waals surface area contributed by atoms with Crippen LogP contribution in [-0.2, 0) is 6.42 Å². The maximum absolute atomic E-state index is 12.9. The summed E-state index contributed by atoms with van der Waals surface area (Å²) < 4.78 is 12.9. The number of aliphatic hydroxyl groups is 1. The molecule has 0 aromatic heterocycles. The molecule has 0 fully saturated rings. The highest BCUT2D eigenvalue weighted by Crippen LogP contribution is 2.13. The zero-order chi connectivity index (χ0) is 9.14. The average Bonchev–Trinajstić information content (AvgIpc) is 1.98. The average molecular weight is 168 g/mol. The zero-order valence-corrected chi connectivity index (χ0v) is 7.34. The molecule has 1 aromatic carbocycles. The molecule has 0 aliphatic heterocycles. The fraction of sp³-hybridized carbons (Fsp3) is 0.400. The molecule has 12 heavy (non-hydrogen) atoms. The van der Waals surface area contributed by atoms with Gasteiger partial charge in [-0.15, -0.1) is 0 Å². The van der Waals surface area contributed by atoms with Crippen molar-refractivity contribution in [2.45, 2.75) is 26.4 Å². The van der Waals surface area contributed by atoms with Gasteiger partial charge >= 0.3 is 0 Å². The number of aliphatic hydroxyl groups excluding tert-OH is 1. The van der Waals surface area contributed by atoms with Crippen LogP contribution in [0, 0.1) is 12.7 Å². The molecule has 66 valence electrons. The van der Waals surface area contributed by atoms with Crippen LogP contribution in [0.25, 0.3) is 0 Å². The molecule has 1 nitrogen and oxygen atoms in total. The lowest BCUT2D eigenvalue weighted by atomic mass is 10.0. The van der Waals surface area contributed by atoms with Crippen LogP contribution >= 0.6 is 0 Å². The summed E-state index contributed by atoms with van der Waals surface area (Å²) in [5, 5.41) is 9.10. The normalized spacial score (nSPS) is 13.0. The lowest BCUT2D eigenvalue weighted by molar-refractivity contribution is 0.195. The third-order valence-electron chi connectivity index (χ3n) is 1.90. The molecule has 0 saturated carbocycles. The van der Waals surface area contributed by atoms with E-state index in [9.17, 15) is 4.39 Å². The minimum Gasteiger partial charge on any atom is -0.393 e. The van der Waals surface area contributed by atoms with Gasteiger partial charge in [0.25, 0.3) is 0 Å². The van der Waals surface area contributed by atoms with E-state index in [0.717, 1.165) is 5.56 Å². The maximum Gasteiger partial charge on any atom is 0.126 e. The number of rotatable bonds is 2. The first-order chi connectivity index (χ1) is 5.61. The van der Waals surface area contributed by atoms with Crippen LogP contribution in [0.4, 0.5) is 4.39 Å². The minimum absolute atomic E-state index is 0.201. The van der Waals surface area contributed by atoms with Crippen LogP contribution in [-0.4, -0.2) is 11.2 Å². The molecule has 1 rings (SSSR count). The van der Waals surface area contributed by atoms with Crippen LogP contribution in [0.5, 0.6) is 0 Å². The third kappa shape index (κ3) is 2.05. The van der Waals surface area contributed by atoms with E-state index in [4.69, 9.17) is 5.11 Å². The van der Waals surface area contributed by atoms with Gasteiger partial charge in [-0.1, -0.05) is 12.1 Å². The third-order valence-corrected chi connectivity index (χ3v) is 1.90. The van der Waals surface area contributed by atoms with Gasteiger partial charge in [0.1, 0.15) is 5.82 Å². The molecular weight excluding hydrogens is 155 g/mol. The Labute approximate surface area is 71.9 Å². The second-order valence-electron chi connectivity index (χ2n) is 3.08. The summed E-state index contributed by atoms with van der Waals surface area (Å²) in [6.45, 7) is 3.43. The summed E-state index contributed by atoms with van der Waals surface area (Å²) in [5.74, 6) is -0.201. The van der Waals surface area contributed by atoms with Crippen LogP contribution in [0.3, 0.4) is 0 Å². The van der Waals surface area contributed by atoms with Gasteiger partial charge in [0, 0.05) is 0 Å². The Hall–Kier alpha value is -0.890. The summed E-state index contributed by atoms with van der Waals surface area (Å²) in [6.07, 6.45) is 0.106. The predicted octanol–water partition coefficient (Wildman–Crippen LogP) is 2.06. The number of hydrogen-bond acceptors (Lipinski definition) is 1. The number of benzene rings is 1. The minimum atomic E-state index is -0.412. The smallest absolute Gasteiger partial charge is 0.126 e. The molecule has 0 spiro atoms. The van der Waals surface area contributed by atoms with Crippen LogP contribution in [0.2, 0.25) is 0 Å². The highest BCUT2D eigenvalue weighted by molar-refractivity contribution is 5.27. The monoisotopic (exact) mass is 168 g/mol. The van der Waals surface area contributed by atoms with Crippen LogP contribution in [0.1, 0.15) is 18.1 Å². The van der Waals surface area contributed by atoms with E-state index >= 15 is 0 Å². The molecule has 0 aliphatic rings. The molecule has 1 atom stereocenters. The van der Waals surface area contributed by atoms with Gasteiger partial charge in [0.15, 0.2) is 0 Å². The molecule has 2 heteroatoms. The van der Waals surface area contributed by atoms with Crippen molar-refractivity contribution in [1.29, 1.82) is 0 Å². The largest absolute Gasteiger partial charge is 0.393 e. The number of hydrogen-bond donors (Lipinski definition) is 1. The van der Waals surface area contributed by atoms with Crippen molar-refractivity contribution in [2.24, 2.45) is 0 Å². The van der Waals surface area contributed by atoms with Crippen LogP contribution in [0.15, 0.2) is 18.2 Å². The van der Waals surface area contributed by atoms with E-state index in [1.54, 1.807) is 19.9 Å². The van der Waals surface area contributed by atoms with Gasteiger partial charge in [0.2, 0.25) is 0 Å². The lowest BCUT2D eigenvalue weighted by Gasteiger charge is -2.07. The molecule has 1 N–H and O–H groups in total. The zero-order valence-electron chi connectivity index (χ0n) is 7.34. The Bertz CT molecular complexity index is 269. The summed E-state index contributed by atoms with van der Waals surface area (Å²) in [6, 6.07) is 4.94. The molecule has 0 saturated heterocycles. The first-order valence-electron chi connectivity index (χ1n) is 4.03. The number of halogens is 1. The molecule has 0 aliphatic carbocycles. The van der Waals surface area contributed by atoms with E-state index in [1.807, 2.05) is 6.07 Å². The predicted molar refractivity (Wildman–Crippen MR) is 46.5 cm³/mol. The molecule has 0 amide bonds. The van der Waals surface area contributed by atoms with Gasteiger partial charge in [0.05, 0.1) is 6.10 Å². The van der Waals surface area contributed by atoms with Crippen LogP contribution < -0.4 is 0 Å². The van der Waals surface area contributed by atoms with E-state index in [0.29, 0.717) is 12.0 Å². The maximum atomic E-state index is 12.9. The summed E-state index contributed by atoms with van der Waals surface area (Å²) in [7, 11) is 0. The van der Waals surface area contributed by atoms with Crippen molar-refractivity contribution < 1.29 is 9.50 Å². The molecule has 0 heterocycles. The molecule has 1 aromatic rings. The Morgan fingerprint density at radius 2 is 2.17 bits per heavy atom. The fourth-order valence-electron chi connectivity index (χ4n) is 1.19. The van der Waals surface area contributed by atoms with E-state index < -0.39 is 6.10 Å².